The molecule has 1 atom stereocenters. The van der Waals surface area contributed by atoms with E-state index in [1.165, 1.54) is 24.8 Å². The molecule has 0 bridgehead atoms. The number of amides is 1. The molecule has 1 aromatic rings. The number of aliphatic imine (C=N–C) groups is 1. The van der Waals surface area contributed by atoms with Crippen LogP contribution < -0.4 is 10.6 Å². The maximum absolute atomic E-state index is 12.3. The van der Waals surface area contributed by atoms with Gasteiger partial charge in [0.1, 0.15) is 0 Å². The second-order valence-electron chi connectivity index (χ2n) is 7.80. The Bertz CT molecular complexity index is 689. The van der Waals surface area contributed by atoms with E-state index in [2.05, 4.69) is 47.9 Å². The van der Waals surface area contributed by atoms with Crippen LogP contribution in [0.1, 0.15) is 44.6 Å². The number of guanidine groups is 1. The highest BCUT2D eigenvalue weighted by Crippen LogP contribution is 2.20. The number of carbonyl (C=O) groups is 1. The number of nitrogens with zero attached hydrogens (tertiary/aromatic N) is 2. The molecule has 1 amide bonds. The number of hydrogen-bond acceptors (Lipinski definition) is 2. The molecule has 1 aliphatic heterocycles. The lowest BCUT2D eigenvalue weighted by Crippen LogP contribution is -2.38. The van der Waals surface area contributed by atoms with E-state index in [4.69, 9.17) is 4.99 Å². The molecule has 1 unspecified atom stereocenters. The first-order chi connectivity index (χ1) is 13.7. The number of benzene rings is 1. The quantitative estimate of drug-likeness (QED) is 0.230. The van der Waals surface area contributed by atoms with Crippen LogP contribution in [0.4, 0.5) is 0 Å². The summed E-state index contributed by atoms with van der Waals surface area (Å²) in [5.74, 6) is 1.45. The number of allylic oxidation sites excluding steroid dienone is 1. The smallest absolute Gasteiger partial charge is 0.223 e. The molecule has 160 valence electrons. The van der Waals surface area contributed by atoms with Crippen molar-refractivity contribution in [1.82, 2.24) is 15.5 Å². The molecular weight excluding hydrogens is 475 g/mol. The first-order valence-electron chi connectivity index (χ1n) is 10.8. The second-order valence-corrected chi connectivity index (χ2v) is 7.80. The van der Waals surface area contributed by atoms with Crippen LogP contribution in [-0.2, 0) is 11.2 Å². The van der Waals surface area contributed by atoms with Crippen molar-refractivity contribution in [3.63, 3.8) is 0 Å². The predicted molar refractivity (Wildman–Crippen MR) is 131 cm³/mol. The Kier molecular flexibility index (Phi) is 10.5. The summed E-state index contributed by atoms with van der Waals surface area (Å²) in [5.41, 5.74) is 2.85. The van der Waals surface area contributed by atoms with Crippen molar-refractivity contribution in [2.75, 3.05) is 32.7 Å². The second kappa shape index (κ2) is 12.9. The Hall–Kier alpha value is -1.57. The maximum atomic E-state index is 12.3. The lowest BCUT2D eigenvalue weighted by Gasteiger charge is -2.16. The first-order valence-corrected chi connectivity index (χ1v) is 10.8. The van der Waals surface area contributed by atoms with E-state index in [1.807, 2.05) is 11.0 Å². The summed E-state index contributed by atoms with van der Waals surface area (Å²) in [5, 5.41) is 6.76. The summed E-state index contributed by atoms with van der Waals surface area (Å²) in [4.78, 5) is 19.1. The minimum Gasteiger partial charge on any atom is -0.357 e. The van der Waals surface area contributed by atoms with Gasteiger partial charge in [0.2, 0.25) is 5.91 Å². The molecule has 5 nitrogen and oxygen atoms in total. The van der Waals surface area contributed by atoms with E-state index < -0.39 is 0 Å². The van der Waals surface area contributed by atoms with Crippen molar-refractivity contribution in [3.8, 4) is 0 Å². The topological polar surface area (TPSA) is 56.7 Å². The average molecular weight is 510 g/mol. The van der Waals surface area contributed by atoms with Crippen LogP contribution in [-0.4, -0.2) is 49.5 Å². The SMILES string of the molecule is CCNC(=NCC1CC(=O)N(CCc2ccccc2)C1)NCCC1=CCCC1.I. The fourth-order valence-corrected chi connectivity index (χ4v) is 3.97. The Morgan fingerprint density at radius 3 is 2.76 bits per heavy atom. The molecule has 2 aliphatic rings. The lowest BCUT2D eigenvalue weighted by molar-refractivity contribution is -0.127. The van der Waals surface area contributed by atoms with E-state index in [0.717, 1.165) is 45.0 Å². The Labute approximate surface area is 192 Å². The van der Waals surface area contributed by atoms with Crippen molar-refractivity contribution in [1.29, 1.82) is 0 Å². The zero-order chi connectivity index (χ0) is 19.6. The molecule has 1 aromatic carbocycles. The summed E-state index contributed by atoms with van der Waals surface area (Å²) >= 11 is 0. The molecular formula is C23H35IN4O. The van der Waals surface area contributed by atoms with Crippen LogP contribution in [0.3, 0.4) is 0 Å². The number of carbonyl (C=O) groups excluding carboxylic acids is 1. The number of halogens is 1. The highest BCUT2D eigenvalue weighted by atomic mass is 127. The van der Waals surface area contributed by atoms with Crippen LogP contribution in [0, 0.1) is 5.92 Å². The highest BCUT2D eigenvalue weighted by molar-refractivity contribution is 14.0. The van der Waals surface area contributed by atoms with Crippen LogP contribution in [0.2, 0.25) is 0 Å². The number of likely N-dealkylation sites (tertiary alicyclic amines) is 1. The van der Waals surface area contributed by atoms with Crippen molar-refractivity contribution < 1.29 is 4.79 Å². The molecule has 6 heteroatoms. The third-order valence-corrected chi connectivity index (χ3v) is 5.53. The van der Waals surface area contributed by atoms with Gasteiger partial charge in [0.25, 0.3) is 0 Å². The molecule has 1 fully saturated rings. The maximum Gasteiger partial charge on any atom is 0.223 e. The van der Waals surface area contributed by atoms with Gasteiger partial charge in [0.15, 0.2) is 5.96 Å². The molecule has 0 spiro atoms. The van der Waals surface area contributed by atoms with Gasteiger partial charge in [-0.15, -0.1) is 24.0 Å². The van der Waals surface area contributed by atoms with Crippen LogP contribution >= 0.6 is 24.0 Å². The molecule has 1 saturated heterocycles. The number of nitrogens with one attached hydrogen (secondary N) is 2. The Balaban J connectivity index is 0.00000300. The first kappa shape index (κ1) is 23.7. The largest absolute Gasteiger partial charge is 0.357 e. The van der Waals surface area contributed by atoms with E-state index in [0.29, 0.717) is 18.9 Å². The fourth-order valence-electron chi connectivity index (χ4n) is 3.97. The molecule has 3 rings (SSSR count). The van der Waals surface area contributed by atoms with Crippen LogP contribution in [0.15, 0.2) is 47.0 Å². The van der Waals surface area contributed by atoms with Gasteiger partial charge in [-0.2, -0.15) is 0 Å². The molecule has 0 radical (unpaired) electrons. The van der Waals surface area contributed by atoms with Gasteiger partial charge in [-0.05, 0) is 44.6 Å². The van der Waals surface area contributed by atoms with Gasteiger partial charge in [-0.1, -0.05) is 42.0 Å². The van der Waals surface area contributed by atoms with E-state index in [1.54, 1.807) is 5.57 Å². The highest BCUT2D eigenvalue weighted by Gasteiger charge is 2.28. The van der Waals surface area contributed by atoms with Gasteiger partial charge >= 0.3 is 0 Å². The normalized spacial score (nSPS) is 19.1. The molecule has 1 aliphatic carbocycles. The van der Waals surface area contributed by atoms with Crippen molar-refractivity contribution >= 4 is 35.8 Å². The molecule has 29 heavy (non-hydrogen) atoms. The van der Waals surface area contributed by atoms with E-state index in [-0.39, 0.29) is 29.9 Å². The van der Waals surface area contributed by atoms with Gasteiger partial charge < -0.3 is 15.5 Å². The van der Waals surface area contributed by atoms with E-state index in [9.17, 15) is 4.79 Å². The van der Waals surface area contributed by atoms with Crippen LogP contribution in [0.25, 0.3) is 0 Å². The molecule has 2 N–H and O–H groups in total. The van der Waals surface area contributed by atoms with E-state index >= 15 is 0 Å². The molecule has 0 aromatic heterocycles. The summed E-state index contributed by atoms with van der Waals surface area (Å²) in [7, 11) is 0. The summed E-state index contributed by atoms with van der Waals surface area (Å²) in [6.45, 7) is 6.18. The zero-order valence-electron chi connectivity index (χ0n) is 17.5. The van der Waals surface area contributed by atoms with Crippen molar-refractivity contribution in [2.24, 2.45) is 10.9 Å². The fraction of sp³-hybridized carbons (Fsp3) is 0.565. The van der Waals surface area contributed by atoms with Crippen molar-refractivity contribution in [3.05, 3.63) is 47.5 Å². The third-order valence-electron chi connectivity index (χ3n) is 5.53. The van der Waals surface area contributed by atoms with Crippen molar-refractivity contribution in [2.45, 2.75) is 45.4 Å². The lowest BCUT2D eigenvalue weighted by atomic mass is 10.1. The standard InChI is InChI=1S/C23H34N4O.HI/c1-2-24-23(25-14-12-19-10-6-7-11-19)26-17-21-16-22(28)27(18-21)15-13-20-8-4-3-5-9-20;/h3-5,8-10,21H,2,6-7,11-18H2,1H3,(H2,24,25,26);1H. The minimum absolute atomic E-state index is 0. The summed E-state index contributed by atoms with van der Waals surface area (Å²) < 4.78 is 0. The zero-order valence-corrected chi connectivity index (χ0v) is 19.9. The van der Waals surface area contributed by atoms with Gasteiger partial charge in [-0.25, -0.2) is 0 Å². The molecule has 0 saturated carbocycles. The minimum atomic E-state index is 0. The third kappa shape index (κ3) is 7.99. The number of rotatable bonds is 9. The van der Waals surface area contributed by atoms with Gasteiger partial charge in [0, 0.05) is 45.1 Å². The average Bonchev–Trinajstić information content (AvgIpc) is 3.35. The van der Waals surface area contributed by atoms with Gasteiger partial charge in [0.05, 0.1) is 0 Å². The number of hydrogen-bond donors (Lipinski definition) is 2. The Morgan fingerprint density at radius 2 is 2.03 bits per heavy atom. The summed E-state index contributed by atoms with van der Waals surface area (Å²) in [6.07, 6.45) is 8.80. The monoisotopic (exact) mass is 510 g/mol. The molecule has 1 heterocycles. The Morgan fingerprint density at radius 1 is 1.21 bits per heavy atom. The summed E-state index contributed by atoms with van der Waals surface area (Å²) in [6, 6.07) is 10.4. The van der Waals surface area contributed by atoms with Gasteiger partial charge in [-0.3, -0.25) is 9.79 Å². The predicted octanol–water partition coefficient (Wildman–Crippen LogP) is 3.75. The van der Waals surface area contributed by atoms with Crippen LogP contribution in [0.5, 0.6) is 0 Å².